The van der Waals surface area contributed by atoms with E-state index in [0.29, 0.717) is 18.2 Å². The molecule has 0 bridgehead atoms. The molecule has 152 valence electrons. The highest BCUT2D eigenvalue weighted by Gasteiger charge is 2.28. The molecule has 2 aliphatic heterocycles. The number of hydrogen-bond acceptors (Lipinski definition) is 6. The summed E-state index contributed by atoms with van der Waals surface area (Å²) in [6.45, 7) is 4.08. The number of hydrogen-bond donors (Lipinski definition) is 1. The lowest BCUT2D eigenvalue weighted by molar-refractivity contribution is 0.459. The summed E-state index contributed by atoms with van der Waals surface area (Å²) in [5.41, 5.74) is 3.42. The van der Waals surface area contributed by atoms with Crippen molar-refractivity contribution in [2.45, 2.75) is 25.4 Å². The van der Waals surface area contributed by atoms with Crippen molar-refractivity contribution in [1.29, 1.82) is 5.26 Å². The summed E-state index contributed by atoms with van der Waals surface area (Å²) < 4.78 is 0. The third kappa shape index (κ3) is 3.55. The molecule has 2 aliphatic rings. The largest absolute Gasteiger partial charge is 0.365 e. The zero-order valence-corrected chi connectivity index (χ0v) is 17.4. The molecular weight excluding hydrogens is 396 g/mol. The molecule has 3 heterocycles. The fourth-order valence-corrected chi connectivity index (χ4v) is 4.78. The van der Waals surface area contributed by atoms with Gasteiger partial charge in [-0.25, -0.2) is 9.97 Å². The van der Waals surface area contributed by atoms with Gasteiger partial charge in [0.1, 0.15) is 5.82 Å². The second-order valence-electron chi connectivity index (χ2n) is 7.87. The lowest BCUT2D eigenvalue weighted by Gasteiger charge is -2.37. The number of rotatable bonds is 3. The summed E-state index contributed by atoms with van der Waals surface area (Å²) in [6.07, 6.45) is 1.37. The number of aromatic nitrogens is 2. The summed E-state index contributed by atoms with van der Waals surface area (Å²) in [5.74, 6) is 0.937. The molecule has 0 unspecified atom stereocenters. The van der Waals surface area contributed by atoms with Gasteiger partial charge in [0.25, 0.3) is 0 Å². The molecule has 1 saturated heterocycles. The van der Waals surface area contributed by atoms with Gasteiger partial charge >= 0.3 is 0 Å². The predicted octanol–water partition coefficient (Wildman–Crippen LogP) is 3.54. The van der Waals surface area contributed by atoms with Gasteiger partial charge in [0.05, 0.1) is 24.7 Å². The number of benzene rings is 2. The number of halogens is 1. The first-order valence-electron chi connectivity index (χ1n) is 10.4. The number of fused-ring (bicyclic) bond motifs is 2. The van der Waals surface area contributed by atoms with Crippen molar-refractivity contribution in [2.75, 3.05) is 36.0 Å². The molecule has 0 saturated carbocycles. The van der Waals surface area contributed by atoms with Crippen LogP contribution in [0, 0.1) is 11.3 Å². The lowest BCUT2D eigenvalue weighted by Crippen LogP contribution is -2.51. The topological polar surface area (TPSA) is 68.1 Å². The van der Waals surface area contributed by atoms with Gasteiger partial charge in [-0.2, -0.15) is 5.26 Å². The van der Waals surface area contributed by atoms with Crippen LogP contribution in [0.4, 0.5) is 11.5 Å². The highest BCUT2D eigenvalue weighted by atomic mass is 35.5. The van der Waals surface area contributed by atoms with E-state index in [2.05, 4.69) is 73.6 Å². The van der Waals surface area contributed by atoms with Crippen molar-refractivity contribution < 1.29 is 0 Å². The lowest BCUT2D eigenvalue weighted by atomic mass is 10.0. The first-order valence-corrected chi connectivity index (χ1v) is 10.7. The molecular formula is C23H23ClN6. The highest BCUT2D eigenvalue weighted by molar-refractivity contribution is 6.28. The molecule has 1 fully saturated rings. The molecule has 2 aromatic carbocycles. The van der Waals surface area contributed by atoms with Crippen LogP contribution in [-0.4, -0.2) is 42.2 Å². The molecule has 0 amide bonds. The van der Waals surface area contributed by atoms with Gasteiger partial charge in [-0.3, -0.25) is 0 Å². The molecule has 30 heavy (non-hydrogen) atoms. The van der Waals surface area contributed by atoms with E-state index in [4.69, 9.17) is 16.9 Å². The van der Waals surface area contributed by atoms with E-state index in [1.165, 1.54) is 22.0 Å². The van der Waals surface area contributed by atoms with Crippen LogP contribution in [-0.2, 0) is 13.0 Å². The second-order valence-corrected chi connectivity index (χ2v) is 8.21. The van der Waals surface area contributed by atoms with E-state index in [-0.39, 0.29) is 6.04 Å². The average Bonchev–Trinajstić information content (AvgIpc) is 2.78. The Hall–Kier alpha value is -2.88. The zero-order valence-electron chi connectivity index (χ0n) is 16.7. The minimum absolute atomic E-state index is 0.156. The quantitative estimate of drug-likeness (QED) is 0.656. The Bertz CT molecular complexity index is 1120. The normalized spacial score (nSPS) is 18.9. The van der Waals surface area contributed by atoms with Gasteiger partial charge in [0.2, 0.25) is 5.28 Å². The molecule has 0 spiro atoms. The maximum Gasteiger partial charge on any atom is 0.224 e. The minimum Gasteiger partial charge on any atom is -0.365 e. The van der Waals surface area contributed by atoms with Crippen molar-refractivity contribution in [3.63, 3.8) is 0 Å². The van der Waals surface area contributed by atoms with Gasteiger partial charge in [0.15, 0.2) is 0 Å². The molecule has 1 atom stereocenters. The SMILES string of the molecule is N#CC[C@H]1CN(c2nc(Cl)nc3c2CCN(c2cccc4ccccc24)C3)CCN1. The van der Waals surface area contributed by atoms with Crippen molar-refractivity contribution in [2.24, 2.45) is 0 Å². The Kier molecular flexibility index (Phi) is 5.16. The number of nitriles is 1. The molecule has 1 aromatic heterocycles. The van der Waals surface area contributed by atoms with E-state index in [1.54, 1.807) is 0 Å². The Labute approximate surface area is 181 Å². The van der Waals surface area contributed by atoms with Crippen molar-refractivity contribution >= 4 is 33.9 Å². The molecule has 3 aromatic rings. The Morgan fingerprint density at radius 3 is 2.87 bits per heavy atom. The van der Waals surface area contributed by atoms with Crippen molar-refractivity contribution in [3.8, 4) is 6.07 Å². The van der Waals surface area contributed by atoms with Crippen LogP contribution >= 0.6 is 11.6 Å². The summed E-state index contributed by atoms with van der Waals surface area (Å²) in [5, 5.41) is 15.3. The van der Waals surface area contributed by atoms with Crippen LogP contribution in [0.25, 0.3) is 10.8 Å². The van der Waals surface area contributed by atoms with Crippen LogP contribution in [0.2, 0.25) is 5.28 Å². The maximum atomic E-state index is 9.06. The van der Waals surface area contributed by atoms with Crippen molar-refractivity contribution in [1.82, 2.24) is 15.3 Å². The molecule has 1 N–H and O–H groups in total. The summed E-state index contributed by atoms with van der Waals surface area (Å²) in [6, 6.07) is 17.3. The molecule has 6 nitrogen and oxygen atoms in total. The van der Waals surface area contributed by atoms with Gasteiger partial charge in [0, 0.05) is 48.9 Å². The van der Waals surface area contributed by atoms with Crippen LogP contribution in [0.5, 0.6) is 0 Å². The predicted molar refractivity (Wildman–Crippen MR) is 120 cm³/mol. The van der Waals surface area contributed by atoms with Crippen LogP contribution < -0.4 is 15.1 Å². The van der Waals surface area contributed by atoms with Gasteiger partial charge < -0.3 is 15.1 Å². The van der Waals surface area contributed by atoms with Crippen LogP contribution in [0.3, 0.4) is 0 Å². The molecule has 7 heteroatoms. The summed E-state index contributed by atoms with van der Waals surface area (Å²) >= 11 is 6.35. The molecule has 0 aliphatic carbocycles. The second kappa shape index (κ2) is 8.10. The van der Waals surface area contributed by atoms with E-state index >= 15 is 0 Å². The van der Waals surface area contributed by atoms with E-state index < -0.39 is 0 Å². The van der Waals surface area contributed by atoms with Crippen LogP contribution in [0.15, 0.2) is 42.5 Å². The Morgan fingerprint density at radius 2 is 1.97 bits per heavy atom. The Morgan fingerprint density at radius 1 is 1.10 bits per heavy atom. The monoisotopic (exact) mass is 418 g/mol. The van der Waals surface area contributed by atoms with Gasteiger partial charge in [-0.15, -0.1) is 0 Å². The minimum atomic E-state index is 0.156. The van der Waals surface area contributed by atoms with Crippen LogP contribution in [0.1, 0.15) is 17.7 Å². The maximum absolute atomic E-state index is 9.06. The number of piperazine rings is 1. The Balaban J connectivity index is 1.47. The fourth-order valence-electron chi connectivity index (χ4n) is 4.60. The molecule has 5 rings (SSSR count). The smallest absolute Gasteiger partial charge is 0.224 e. The standard InChI is InChI=1S/C23H23ClN6/c24-23-27-20-15-29(21-7-3-5-16-4-1-2-6-18(16)21)12-9-19(20)22(28-23)30-13-11-26-17(14-30)8-10-25/h1-7,17,26H,8-9,11-15H2/t17-/m0/s1. The van der Waals surface area contributed by atoms with Gasteiger partial charge in [-0.05, 0) is 29.5 Å². The zero-order chi connectivity index (χ0) is 20.5. The van der Waals surface area contributed by atoms with E-state index in [1.807, 2.05) is 0 Å². The summed E-state index contributed by atoms with van der Waals surface area (Å²) in [4.78, 5) is 13.8. The number of anilines is 2. The third-order valence-electron chi connectivity index (χ3n) is 6.02. The third-order valence-corrected chi connectivity index (χ3v) is 6.19. The first-order chi connectivity index (χ1) is 14.7. The molecule has 0 radical (unpaired) electrons. The number of nitrogens with one attached hydrogen (secondary N) is 1. The first kappa shape index (κ1) is 19.1. The van der Waals surface area contributed by atoms with Gasteiger partial charge in [-0.1, -0.05) is 36.4 Å². The highest BCUT2D eigenvalue weighted by Crippen LogP contribution is 2.33. The number of nitrogens with zero attached hydrogens (tertiary/aromatic N) is 5. The van der Waals surface area contributed by atoms with Crippen molar-refractivity contribution in [3.05, 3.63) is 59.0 Å². The fraction of sp³-hybridized carbons (Fsp3) is 0.348. The van der Waals surface area contributed by atoms with E-state index in [0.717, 1.165) is 44.1 Å². The average molecular weight is 419 g/mol. The van der Waals surface area contributed by atoms with E-state index in [9.17, 15) is 0 Å². The summed E-state index contributed by atoms with van der Waals surface area (Å²) in [7, 11) is 0.